The number of aryl methyl sites for hydroxylation is 2. The third-order valence-electron chi connectivity index (χ3n) is 2.52. The van der Waals surface area contributed by atoms with E-state index in [-0.39, 0.29) is 18.0 Å². The molecule has 1 aliphatic heterocycles. The number of rotatable bonds is 0. The Balaban J connectivity index is 2.66. The summed E-state index contributed by atoms with van der Waals surface area (Å²) in [6.45, 7) is 3.68. The fourth-order valence-electron chi connectivity index (χ4n) is 1.91. The van der Waals surface area contributed by atoms with E-state index < -0.39 is 4.92 Å². The van der Waals surface area contributed by atoms with E-state index in [1.165, 1.54) is 0 Å². The maximum Gasteiger partial charge on any atom is 0.347 e. The first-order valence-corrected chi connectivity index (χ1v) is 4.85. The lowest BCUT2D eigenvalue weighted by Gasteiger charge is -2.10. The minimum absolute atomic E-state index is 0.218. The number of fused-ring (bicyclic) bond motifs is 1. The van der Waals surface area contributed by atoms with E-state index in [0.29, 0.717) is 11.3 Å². The van der Waals surface area contributed by atoms with Crippen molar-refractivity contribution in [2.24, 2.45) is 4.99 Å². The number of carbonyl (C=O) groups is 1. The number of nitro groups is 1. The first kappa shape index (κ1) is 10.5. The zero-order valence-electron chi connectivity index (χ0n) is 8.98. The normalized spacial score (nSPS) is 14.4. The summed E-state index contributed by atoms with van der Waals surface area (Å²) in [7, 11) is 0. The van der Waals surface area contributed by atoms with Crippen molar-refractivity contribution >= 4 is 17.3 Å². The van der Waals surface area contributed by atoms with Gasteiger partial charge in [0.1, 0.15) is 6.42 Å². The third-order valence-corrected chi connectivity index (χ3v) is 2.52. The van der Waals surface area contributed by atoms with E-state index in [4.69, 9.17) is 0 Å². The average Bonchev–Trinajstić information content (AvgIpc) is 2.15. The molecule has 82 valence electrons. The summed E-state index contributed by atoms with van der Waals surface area (Å²) in [5.74, 6) is -0.503. The van der Waals surface area contributed by atoms with Gasteiger partial charge in [0.2, 0.25) is 0 Å². The molecular weight excluding hydrogens is 208 g/mol. The molecule has 0 radical (unpaired) electrons. The Kier molecular flexibility index (Phi) is 2.30. The number of nitrogens with zero attached hydrogens (tertiary/aromatic N) is 2. The van der Waals surface area contributed by atoms with Crippen LogP contribution in [0.1, 0.15) is 27.9 Å². The van der Waals surface area contributed by atoms with Crippen molar-refractivity contribution in [2.45, 2.75) is 20.3 Å². The average molecular weight is 218 g/mol. The van der Waals surface area contributed by atoms with E-state index in [0.717, 1.165) is 11.1 Å². The summed E-state index contributed by atoms with van der Waals surface area (Å²) < 4.78 is 0. The Morgan fingerprint density at radius 2 is 2.06 bits per heavy atom. The largest absolute Gasteiger partial charge is 0.358 e. The van der Waals surface area contributed by atoms with Crippen molar-refractivity contribution in [1.82, 2.24) is 0 Å². The molecule has 0 spiro atoms. The summed E-state index contributed by atoms with van der Waals surface area (Å²) >= 11 is 0. The lowest BCUT2D eigenvalue weighted by atomic mass is 9.96. The van der Waals surface area contributed by atoms with Gasteiger partial charge in [-0.25, -0.2) is 0 Å². The minimum atomic E-state index is -0.599. The molecule has 0 saturated heterocycles. The predicted octanol–water partition coefficient (Wildman–Crippen LogP) is 2.20. The molecule has 2 rings (SSSR count). The molecule has 5 heteroatoms. The van der Waals surface area contributed by atoms with Crippen LogP contribution in [0.15, 0.2) is 17.1 Å². The monoisotopic (exact) mass is 218 g/mol. The van der Waals surface area contributed by atoms with Crippen LogP contribution in [0, 0.1) is 24.0 Å². The van der Waals surface area contributed by atoms with Gasteiger partial charge in [0, 0.05) is 0 Å². The van der Waals surface area contributed by atoms with Crippen LogP contribution in [-0.4, -0.2) is 16.5 Å². The zero-order chi connectivity index (χ0) is 11.9. The molecule has 1 aliphatic rings. The molecule has 5 nitrogen and oxygen atoms in total. The molecule has 0 N–H and O–H groups in total. The third kappa shape index (κ3) is 1.60. The molecule has 0 aromatic heterocycles. The number of hydrogen-bond donors (Lipinski definition) is 0. The number of ketones is 1. The second-order valence-electron chi connectivity index (χ2n) is 3.86. The standard InChI is InChI=1S/C11H10N2O3/c1-6-3-7(2)11-8(4-6)12-10(13(15)16)5-9(11)14/h3-4H,5H2,1-2H3. The van der Waals surface area contributed by atoms with Crippen LogP contribution >= 0.6 is 0 Å². The van der Waals surface area contributed by atoms with Crippen molar-refractivity contribution in [3.8, 4) is 0 Å². The summed E-state index contributed by atoms with van der Waals surface area (Å²) in [6, 6.07) is 3.58. The van der Waals surface area contributed by atoms with E-state index >= 15 is 0 Å². The molecule has 0 bridgehead atoms. The second kappa shape index (κ2) is 3.52. The highest BCUT2D eigenvalue weighted by atomic mass is 16.6. The van der Waals surface area contributed by atoms with Crippen LogP contribution in [0.4, 0.5) is 5.69 Å². The smallest absolute Gasteiger partial charge is 0.347 e. The van der Waals surface area contributed by atoms with Gasteiger partial charge in [0.15, 0.2) is 11.5 Å². The molecule has 0 aliphatic carbocycles. The number of hydrogen-bond acceptors (Lipinski definition) is 4. The zero-order valence-corrected chi connectivity index (χ0v) is 8.98. The lowest BCUT2D eigenvalue weighted by molar-refractivity contribution is -0.352. The van der Waals surface area contributed by atoms with Gasteiger partial charge in [-0.3, -0.25) is 4.79 Å². The Hall–Kier alpha value is -2.04. The number of aliphatic imine (C=N–C) groups is 1. The summed E-state index contributed by atoms with van der Waals surface area (Å²) in [5.41, 5.74) is 2.69. The van der Waals surface area contributed by atoms with Gasteiger partial charge in [0.05, 0.1) is 5.56 Å². The van der Waals surface area contributed by atoms with Crippen LogP contribution in [0.5, 0.6) is 0 Å². The molecule has 1 aromatic rings. The molecule has 0 saturated carbocycles. The summed E-state index contributed by atoms with van der Waals surface area (Å²) in [6.07, 6.45) is -0.218. The number of carbonyl (C=O) groups excluding carboxylic acids is 1. The SMILES string of the molecule is Cc1cc(C)c2c(c1)N=C([N+](=O)[O-])CC2=O. The van der Waals surface area contributed by atoms with Gasteiger partial charge < -0.3 is 10.1 Å². The van der Waals surface area contributed by atoms with Gasteiger partial charge in [-0.15, -0.1) is 0 Å². The van der Waals surface area contributed by atoms with Crippen LogP contribution in [-0.2, 0) is 0 Å². The topological polar surface area (TPSA) is 72.6 Å². The number of Topliss-reactive ketones (excluding diaryl/α,β-unsaturated/α-hetero) is 1. The van der Waals surface area contributed by atoms with Gasteiger partial charge in [0.25, 0.3) is 0 Å². The first-order valence-electron chi connectivity index (χ1n) is 4.85. The maximum absolute atomic E-state index is 11.7. The van der Waals surface area contributed by atoms with E-state index in [1.807, 2.05) is 19.9 Å². The molecule has 0 amide bonds. The Morgan fingerprint density at radius 3 is 2.69 bits per heavy atom. The molecule has 0 fully saturated rings. The fourth-order valence-corrected chi connectivity index (χ4v) is 1.91. The molecule has 0 unspecified atom stereocenters. The van der Waals surface area contributed by atoms with Crippen LogP contribution in [0.25, 0.3) is 0 Å². The van der Waals surface area contributed by atoms with Gasteiger partial charge in [-0.2, -0.15) is 0 Å². The minimum Gasteiger partial charge on any atom is -0.358 e. The van der Waals surface area contributed by atoms with E-state index in [1.54, 1.807) is 6.07 Å². The Labute approximate surface area is 92.0 Å². The van der Waals surface area contributed by atoms with Crippen LogP contribution in [0.2, 0.25) is 0 Å². The van der Waals surface area contributed by atoms with Crippen molar-refractivity contribution in [2.75, 3.05) is 0 Å². The quantitative estimate of drug-likeness (QED) is 0.495. The van der Waals surface area contributed by atoms with Crippen molar-refractivity contribution in [3.05, 3.63) is 38.9 Å². The molecular formula is C11H10N2O3. The maximum atomic E-state index is 11.7. The highest BCUT2D eigenvalue weighted by Gasteiger charge is 2.30. The molecule has 1 heterocycles. The summed E-state index contributed by atoms with van der Waals surface area (Å²) in [5, 5.41) is 10.6. The molecule has 1 aromatic carbocycles. The number of amidine groups is 1. The van der Waals surface area contributed by atoms with Crippen LogP contribution < -0.4 is 0 Å². The Bertz CT molecular complexity index is 532. The Morgan fingerprint density at radius 1 is 1.38 bits per heavy atom. The fraction of sp³-hybridized carbons (Fsp3) is 0.273. The second-order valence-corrected chi connectivity index (χ2v) is 3.86. The summed E-state index contributed by atoms with van der Waals surface area (Å²) in [4.78, 5) is 25.7. The van der Waals surface area contributed by atoms with Crippen LogP contribution in [0.3, 0.4) is 0 Å². The van der Waals surface area contributed by atoms with E-state index in [2.05, 4.69) is 4.99 Å². The highest BCUT2D eigenvalue weighted by molar-refractivity contribution is 6.14. The molecule has 0 atom stereocenters. The molecule has 16 heavy (non-hydrogen) atoms. The highest BCUT2D eigenvalue weighted by Crippen LogP contribution is 2.30. The first-order chi connectivity index (χ1) is 7.49. The van der Waals surface area contributed by atoms with Gasteiger partial charge >= 0.3 is 5.84 Å². The van der Waals surface area contributed by atoms with Gasteiger partial charge in [-0.05, 0) is 41.0 Å². The lowest BCUT2D eigenvalue weighted by Crippen LogP contribution is -2.21. The van der Waals surface area contributed by atoms with Crippen molar-refractivity contribution in [3.63, 3.8) is 0 Å². The predicted molar refractivity (Wildman–Crippen MR) is 59.0 cm³/mol. The van der Waals surface area contributed by atoms with Gasteiger partial charge in [-0.1, -0.05) is 6.07 Å². The van der Waals surface area contributed by atoms with E-state index in [9.17, 15) is 14.9 Å². The number of benzene rings is 1. The van der Waals surface area contributed by atoms with Crippen molar-refractivity contribution in [1.29, 1.82) is 0 Å². The van der Waals surface area contributed by atoms with Crippen molar-refractivity contribution < 1.29 is 9.72 Å².